The van der Waals surface area contributed by atoms with Crippen molar-refractivity contribution >= 4 is 43.7 Å². The lowest BCUT2D eigenvalue weighted by Crippen LogP contribution is -2.37. The van der Waals surface area contributed by atoms with Gasteiger partial charge in [-0.15, -0.1) is 10.2 Å². The van der Waals surface area contributed by atoms with Crippen molar-refractivity contribution in [3.05, 3.63) is 22.8 Å². The molecule has 0 saturated heterocycles. The van der Waals surface area contributed by atoms with Crippen LogP contribution in [0.2, 0.25) is 0 Å². The van der Waals surface area contributed by atoms with Crippen LogP contribution in [0, 0.1) is 6.57 Å². The number of rotatable bonds is 5. The Labute approximate surface area is 183 Å². The van der Waals surface area contributed by atoms with Crippen LogP contribution in [-0.4, -0.2) is 21.4 Å². The van der Waals surface area contributed by atoms with Crippen LogP contribution in [0.1, 0.15) is 80.6 Å². The maximum Gasteiger partial charge on any atom is 0.248 e. The van der Waals surface area contributed by atoms with Gasteiger partial charge in [-0.1, -0.05) is 52.9 Å². The van der Waals surface area contributed by atoms with E-state index in [0.29, 0.717) is 22.8 Å². The molecule has 0 N–H and O–H groups in total. The topological polar surface area (TPSA) is 58.1 Å². The lowest BCUT2D eigenvalue weighted by atomic mass is 9.91. The molecule has 2 heterocycles. The Bertz CT molecular complexity index is 909. The minimum atomic E-state index is -0.201. The van der Waals surface area contributed by atoms with Gasteiger partial charge in [0, 0.05) is 17.5 Å². The van der Waals surface area contributed by atoms with Crippen LogP contribution in [0.3, 0.4) is 0 Å². The van der Waals surface area contributed by atoms with Gasteiger partial charge in [0.1, 0.15) is 0 Å². The summed E-state index contributed by atoms with van der Waals surface area (Å²) in [5, 5.41) is 11.3. The van der Waals surface area contributed by atoms with Crippen LogP contribution in [0.25, 0.3) is 4.85 Å². The minimum Gasteiger partial charge on any atom is -0.343 e. The second-order valence-electron chi connectivity index (χ2n) is 9.74. The molecular weight excluding hydrogens is 400 g/mol. The predicted molar refractivity (Wildman–Crippen MR) is 125 cm³/mol. The molecule has 158 valence electrons. The van der Waals surface area contributed by atoms with Gasteiger partial charge in [0.25, 0.3) is 0 Å². The molecule has 0 aliphatic rings. The van der Waals surface area contributed by atoms with Crippen molar-refractivity contribution in [2.75, 3.05) is 4.90 Å². The average Bonchev–Trinajstić information content (AvgIpc) is 3.14. The molecule has 0 bridgehead atoms. The molecule has 0 saturated carbocycles. The lowest BCUT2D eigenvalue weighted by Gasteiger charge is -2.30. The molecule has 2 aromatic heterocycles. The number of aromatic nitrogens is 2. The molecule has 6 nitrogen and oxygen atoms in total. The molecule has 0 aromatic carbocycles. The van der Waals surface area contributed by atoms with Crippen molar-refractivity contribution in [3.8, 4) is 0 Å². The summed E-state index contributed by atoms with van der Waals surface area (Å²) in [7, 11) is 0. The van der Waals surface area contributed by atoms with Gasteiger partial charge in [0.2, 0.25) is 5.69 Å². The molecule has 0 atom stereocenters. The van der Waals surface area contributed by atoms with Gasteiger partial charge < -0.3 is 4.90 Å². The number of nitrogens with zero attached hydrogens (tertiary/aromatic N) is 6. The predicted octanol–water partition coefficient (Wildman–Crippen LogP) is 7.78. The van der Waals surface area contributed by atoms with E-state index < -0.39 is 0 Å². The van der Waals surface area contributed by atoms with Crippen LogP contribution in [0.5, 0.6) is 0 Å². The summed E-state index contributed by atoms with van der Waals surface area (Å²) in [5.74, 6) is 0. The standard InChI is InChI=1S/C21H32N6S2/c1-12(2)27(13(3)4)19-23-16(21(8,9)10)18(28-19)25-24-17-14(22-11)15(26-29-17)20(5,6)7/h12-13H,1-10H3. The first kappa shape index (κ1) is 23.4. The first-order valence-corrected chi connectivity index (χ1v) is 11.4. The SMILES string of the molecule is [C-]#[N+]c1c(C(C)(C)C)nsc1N=Nc1sc(N(C(C)C)C(C)C)nc1C(C)(C)C. The second kappa shape index (κ2) is 8.49. The van der Waals surface area contributed by atoms with Gasteiger partial charge in [-0.05, 0) is 44.6 Å². The van der Waals surface area contributed by atoms with Crippen molar-refractivity contribution in [2.24, 2.45) is 10.2 Å². The quantitative estimate of drug-likeness (QED) is 0.358. The van der Waals surface area contributed by atoms with Gasteiger partial charge in [-0.25, -0.2) is 14.2 Å². The van der Waals surface area contributed by atoms with Crippen LogP contribution < -0.4 is 4.90 Å². The Morgan fingerprint density at radius 1 is 0.897 bits per heavy atom. The van der Waals surface area contributed by atoms with E-state index in [4.69, 9.17) is 11.6 Å². The summed E-state index contributed by atoms with van der Waals surface area (Å²) in [6.45, 7) is 28.8. The molecule has 2 aromatic rings. The van der Waals surface area contributed by atoms with Crippen LogP contribution >= 0.6 is 22.9 Å². The Kier molecular flexibility index (Phi) is 6.86. The normalized spacial score (nSPS) is 12.9. The molecule has 29 heavy (non-hydrogen) atoms. The molecule has 0 aliphatic carbocycles. The number of thiazole rings is 1. The fraction of sp³-hybridized carbons (Fsp3) is 0.667. The van der Waals surface area contributed by atoms with Crippen LogP contribution in [-0.2, 0) is 10.8 Å². The van der Waals surface area contributed by atoms with Gasteiger partial charge in [-0.3, -0.25) is 0 Å². The summed E-state index contributed by atoms with van der Waals surface area (Å²) >= 11 is 2.79. The van der Waals surface area contributed by atoms with Gasteiger partial charge in [0.15, 0.2) is 15.1 Å². The summed E-state index contributed by atoms with van der Waals surface area (Å²) in [6.07, 6.45) is 0. The summed E-state index contributed by atoms with van der Waals surface area (Å²) in [6, 6.07) is 0.673. The van der Waals surface area contributed by atoms with Gasteiger partial charge in [0.05, 0.1) is 18.0 Å². The van der Waals surface area contributed by atoms with E-state index in [9.17, 15) is 0 Å². The molecule has 0 amide bonds. The summed E-state index contributed by atoms with van der Waals surface area (Å²) in [4.78, 5) is 10.9. The van der Waals surface area contributed by atoms with Crippen molar-refractivity contribution in [1.82, 2.24) is 9.36 Å². The number of anilines is 1. The molecule has 0 fully saturated rings. The fourth-order valence-electron chi connectivity index (χ4n) is 3.03. The van der Waals surface area contributed by atoms with E-state index in [2.05, 4.69) is 93.6 Å². The van der Waals surface area contributed by atoms with Crippen molar-refractivity contribution in [3.63, 3.8) is 0 Å². The Balaban J connectivity index is 2.53. The zero-order valence-electron chi connectivity index (χ0n) is 19.2. The van der Waals surface area contributed by atoms with E-state index in [1.54, 1.807) is 11.3 Å². The van der Waals surface area contributed by atoms with Crippen molar-refractivity contribution in [1.29, 1.82) is 0 Å². The first-order chi connectivity index (χ1) is 13.3. The lowest BCUT2D eigenvalue weighted by molar-refractivity contribution is 0.565. The highest BCUT2D eigenvalue weighted by molar-refractivity contribution is 7.19. The molecule has 8 heteroatoms. The van der Waals surface area contributed by atoms with Crippen molar-refractivity contribution < 1.29 is 0 Å². The van der Waals surface area contributed by atoms with E-state index in [0.717, 1.165) is 21.5 Å². The summed E-state index contributed by atoms with van der Waals surface area (Å²) < 4.78 is 4.48. The molecular formula is C21H32N6S2. The minimum absolute atomic E-state index is 0.157. The smallest absolute Gasteiger partial charge is 0.248 e. The van der Waals surface area contributed by atoms with E-state index in [1.165, 1.54) is 11.5 Å². The third kappa shape index (κ3) is 5.20. The van der Waals surface area contributed by atoms with Crippen molar-refractivity contribution in [2.45, 2.75) is 92.2 Å². The zero-order chi connectivity index (χ0) is 22.1. The maximum atomic E-state index is 7.57. The first-order valence-electron chi connectivity index (χ1n) is 9.86. The second-order valence-corrected chi connectivity index (χ2v) is 11.4. The summed E-state index contributed by atoms with van der Waals surface area (Å²) in [5.41, 5.74) is 1.85. The van der Waals surface area contributed by atoms with E-state index in [1.807, 2.05) is 0 Å². The molecule has 0 unspecified atom stereocenters. The highest BCUT2D eigenvalue weighted by Crippen LogP contribution is 2.45. The Hall–Kier alpha value is -1.85. The van der Waals surface area contributed by atoms with E-state index >= 15 is 0 Å². The monoisotopic (exact) mass is 432 g/mol. The third-order valence-electron chi connectivity index (χ3n) is 4.35. The highest BCUT2D eigenvalue weighted by atomic mass is 32.1. The molecule has 0 spiro atoms. The highest BCUT2D eigenvalue weighted by Gasteiger charge is 2.28. The van der Waals surface area contributed by atoms with Gasteiger partial charge >= 0.3 is 0 Å². The molecule has 2 rings (SSSR count). The zero-order valence-corrected chi connectivity index (χ0v) is 20.8. The Morgan fingerprint density at radius 2 is 1.41 bits per heavy atom. The molecule has 0 aliphatic heterocycles. The number of azo groups is 1. The van der Waals surface area contributed by atoms with Crippen LogP contribution in [0.4, 0.5) is 20.8 Å². The van der Waals surface area contributed by atoms with Gasteiger partial charge in [-0.2, -0.15) is 0 Å². The third-order valence-corrected chi connectivity index (χ3v) is 6.02. The maximum absolute atomic E-state index is 7.57. The van der Waals surface area contributed by atoms with Crippen LogP contribution in [0.15, 0.2) is 10.2 Å². The fourth-order valence-corrected chi connectivity index (χ4v) is 5.24. The Morgan fingerprint density at radius 3 is 1.86 bits per heavy atom. The van der Waals surface area contributed by atoms with E-state index in [-0.39, 0.29) is 10.8 Å². The largest absolute Gasteiger partial charge is 0.343 e. The molecule has 0 radical (unpaired) electrons. The average molecular weight is 433 g/mol. The number of hydrogen-bond donors (Lipinski definition) is 0. The number of hydrogen-bond acceptors (Lipinski definition) is 7.